The molecule has 0 aliphatic rings. The maximum atomic E-state index is 10.8. The maximum Gasteiger partial charge on any atom is 0.368 e. The van der Waals surface area contributed by atoms with Crippen LogP contribution in [0.15, 0.2) is 0 Å². The first kappa shape index (κ1) is 9.64. The molecule has 1 N–H and O–H groups in total. The normalized spacial score (nSPS) is 16.3. The monoisotopic (exact) mass is 162 g/mol. The molecule has 0 amide bonds. The molecule has 0 bridgehead atoms. The second kappa shape index (κ2) is 3.72. The fourth-order valence-corrected chi connectivity index (χ4v) is 1.16. The summed E-state index contributed by atoms with van der Waals surface area (Å²) in [5.41, 5.74) is 0. The second-order valence-corrected chi connectivity index (χ2v) is 4.00. The minimum Gasteiger partial charge on any atom is -0.323 e. The summed E-state index contributed by atoms with van der Waals surface area (Å²) in [5, 5.41) is 8.19. The van der Waals surface area contributed by atoms with Crippen LogP contribution >= 0.6 is 7.52 Å². The van der Waals surface area contributed by atoms with Gasteiger partial charge in [-0.05, 0) is 13.5 Å². The standard InChI is InChI=1S/C5H11N2O2P/c1-3-4-7(2)10(8,9)5-6/h3-4H2,1-2H3,(H,8,9). The molecule has 58 valence electrons. The molecule has 4 nitrogen and oxygen atoms in total. The zero-order valence-electron chi connectivity index (χ0n) is 6.11. The Bertz CT molecular complexity index is 187. The van der Waals surface area contributed by atoms with Crippen molar-refractivity contribution in [1.29, 1.82) is 5.26 Å². The predicted molar refractivity (Wildman–Crippen MR) is 38.4 cm³/mol. The van der Waals surface area contributed by atoms with Crippen molar-refractivity contribution in [1.82, 2.24) is 4.67 Å². The van der Waals surface area contributed by atoms with E-state index in [9.17, 15) is 4.57 Å². The second-order valence-electron chi connectivity index (χ2n) is 2.03. The van der Waals surface area contributed by atoms with E-state index >= 15 is 0 Å². The molecule has 0 radical (unpaired) electrons. The molecule has 0 aromatic rings. The van der Waals surface area contributed by atoms with Crippen LogP contribution < -0.4 is 0 Å². The van der Waals surface area contributed by atoms with Gasteiger partial charge in [-0.15, -0.1) is 0 Å². The highest BCUT2D eigenvalue weighted by molar-refractivity contribution is 7.60. The molecule has 0 aliphatic heterocycles. The van der Waals surface area contributed by atoms with E-state index in [-0.39, 0.29) is 0 Å². The lowest BCUT2D eigenvalue weighted by Gasteiger charge is -2.15. The summed E-state index contributed by atoms with van der Waals surface area (Å²) in [6.07, 6.45) is 0.767. The molecule has 0 fully saturated rings. The third-order valence-corrected chi connectivity index (χ3v) is 2.53. The van der Waals surface area contributed by atoms with Gasteiger partial charge in [0.2, 0.25) is 0 Å². The number of nitrogens with zero attached hydrogens (tertiary/aromatic N) is 2. The SMILES string of the molecule is CCCN(C)P(=O)(O)C#N. The fraction of sp³-hybridized carbons (Fsp3) is 0.800. The molecule has 0 aliphatic carbocycles. The summed E-state index contributed by atoms with van der Waals surface area (Å²) in [6.45, 7) is 2.36. The van der Waals surface area contributed by atoms with Gasteiger partial charge in [0.15, 0.2) is 5.81 Å². The van der Waals surface area contributed by atoms with Crippen LogP contribution in [0.3, 0.4) is 0 Å². The highest BCUT2D eigenvalue weighted by atomic mass is 31.2. The number of rotatable bonds is 3. The van der Waals surface area contributed by atoms with Gasteiger partial charge in [-0.2, -0.15) is 5.26 Å². The highest BCUT2D eigenvalue weighted by Crippen LogP contribution is 2.41. The maximum absolute atomic E-state index is 10.8. The molecule has 10 heavy (non-hydrogen) atoms. The molecule has 0 spiro atoms. The Balaban J connectivity index is 4.09. The van der Waals surface area contributed by atoms with Crippen molar-refractivity contribution in [2.75, 3.05) is 13.6 Å². The van der Waals surface area contributed by atoms with Crippen molar-refractivity contribution in [3.05, 3.63) is 0 Å². The largest absolute Gasteiger partial charge is 0.368 e. The minimum atomic E-state index is -3.64. The first-order chi connectivity index (χ1) is 4.54. The van der Waals surface area contributed by atoms with E-state index in [2.05, 4.69) is 0 Å². The van der Waals surface area contributed by atoms with Crippen molar-refractivity contribution in [3.8, 4) is 5.81 Å². The first-order valence-electron chi connectivity index (χ1n) is 3.00. The summed E-state index contributed by atoms with van der Waals surface area (Å²) in [5.74, 6) is 1.36. The molecule has 1 unspecified atom stereocenters. The smallest absolute Gasteiger partial charge is 0.323 e. The number of hydrogen-bond acceptors (Lipinski definition) is 2. The molecule has 0 saturated heterocycles. The van der Waals surface area contributed by atoms with Crippen molar-refractivity contribution in [2.24, 2.45) is 0 Å². The predicted octanol–water partition coefficient (Wildman–Crippen LogP) is 0.995. The molecule has 0 aromatic heterocycles. The Morgan fingerprint density at radius 1 is 1.80 bits per heavy atom. The van der Waals surface area contributed by atoms with Crippen molar-refractivity contribution in [2.45, 2.75) is 13.3 Å². The Morgan fingerprint density at radius 3 is 2.60 bits per heavy atom. The van der Waals surface area contributed by atoms with Gasteiger partial charge in [-0.3, -0.25) is 4.57 Å². The minimum absolute atomic E-state index is 0.474. The van der Waals surface area contributed by atoms with Crippen LogP contribution in [-0.4, -0.2) is 23.2 Å². The van der Waals surface area contributed by atoms with Crippen LogP contribution in [0.5, 0.6) is 0 Å². The summed E-state index contributed by atoms with van der Waals surface area (Å²) in [4.78, 5) is 8.84. The van der Waals surface area contributed by atoms with Crippen LogP contribution in [-0.2, 0) is 4.57 Å². The average molecular weight is 162 g/mol. The molecule has 5 heteroatoms. The molecule has 0 aromatic carbocycles. The van der Waals surface area contributed by atoms with Crippen molar-refractivity contribution >= 4 is 7.52 Å². The van der Waals surface area contributed by atoms with Gasteiger partial charge in [-0.1, -0.05) is 6.92 Å². The van der Waals surface area contributed by atoms with Crippen LogP contribution in [0.1, 0.15) is 13.3 Å². The Labute approximate surface area is 60.6 Å². The van der Waals surface area contributed by atoms with E-state index < -0.39 is 7.52 Å². The number of nitriles is 1. The topological polar surface area (TPSA) is 64.3 Å². The Hall–Kier alpha value is -0.360. The summed E-state index contributed by atoms with van der Waals surface area (Å²) in [7, 11) is -2.18. The highest BCUT2D eigenvalue weighted by Gasteiger charge is 2.22. The van der Waals surface area contributed by atoms with Gasteiger partial charge in [0.1, 0.15) is 0 Å². The van der Waals surface area contributed by atoms with Gasteiger partial charge < -0.3 is 4.89 Å². The first-order valence-corrected chi connectivity index (χ1v) is 4.61. The number of hydrogen-bond donors (Lipinski definition) is 1. The fourth-order valence-electron chi connectivity index (χ4n) is 0.535. The quantitative estimate of drug-likeness (QED) is 0.628. The van der Waals surface area contributed by atoms with Crippen LogP contribution in [0.25, 0.3) is 0 Å². The lowest BCUT2D eigenvalue weighted by atomic mass is 10.5. The lowest BCUT2D eigenvalue weighted by Crippen LogP contribution is -2.14. The Morgan fingerprint density at radius 2 is 2.30 bits per heavy atom. The Kier molecular flexibility index (Phi) is 3.59. The summed E-state index contributed by atoms with van der Waals surface area (Å²) in [6, 6.07) is 0. The molecular formula is C5H11N2O2P. The van der Waals surface area contributed by atoms with Crippen molar-refractivity contribution in [3.63, 3.8) is 0 Å². The zero-order valence-corrected chi connectivity index (χ0v) is 7.01. The van der Waals surface area contributed by atoms with E-state index in [0.29, 0.717) is 6.54 Å². The van der Waals surface area contributed by atoms with Gasteiger partial charge in [0.25, 0.3) is 0 Å². The van der Waals surface area contributed by atoms with Crippen molar-refractivity contribution < 1.29 is 9.46 Å². The van der Waals surface area contributed by atoms with Crippen LogP contribution in [0, 0.1) is 11.1 Å². The van der Waals surface area contributed by atoms with Gasteiger partial charge >= 0.3 is 7.52 Å². The molecule has 1 atom stereocenters. The molecule has 0 heterocycles. The van der Waals surface area contributed by atoms with E-state index in [0.717, 1.165) is 6.42 Å². The zero-order chi connectivity index (χ0) is 8.20. The van der Waals surface area contributed by atoms with E-state index in [1.165, 1.54) is 17.5 Å². The summed E-state index contributed by atoms with van der Waals surface area (Å²) < 4.78 is 12.0. The third kappa shape index (κ3) is 2.49. The van der Waals surface area contributed by atoms with Gasteiger partial charge in [0.05, 0.1) is 0 Å². The molecule has 0 rings (SSSR count). The summed E-state index contributed by atoms with van der Waals surface area (Å²) >= 11 is 0. The average Bonchev–Trinajstić information content (AvgIpc) is 1.89. The third-order valence-electron chi connectivity index (χ3n) is 1.14. The van der Waals surface area contributed by atoms with Crippen LogP contribution in [0.4, 0.5) is 0 Å². The molecule has 0 saturated carbocycles. The van der Waals surface area contributed by atoms with E-state index in [1.807, 2.05) is 6.92 Å². The molecular weight excluding hydrogens is 151 g/mol. The van der Waals surface area contributed by atoms with Crippen LogP contribution in [0.2, 0.25) is 0 Å². The lowest BCUT2D eigenvalue weighted by molar-refractivity contribution is 0.393. The van der Waals surface area contributed by atoms with Gasteiger partial charge in [0, 0.05) is 6.54 Å². The van der Waals surface area contributed by atoms with Gasteiger partial charge in [-0.25, -0.2) is 4.67 Å². The van der Waals surface area contributed by atoms with E-state index in [4.69, 9.17) is 10.2 Å². The van der Waals surface area contributed by atoms with E-state index in [1.54, 1.807) is 0 Å².